The van der Waals surface area contributed by atoms with Gasteiger partial charge in [0, 0.05) is 10.9 Å². The molecule has 35 heavy (non-hydrogen) atoms. The Hall–Kier alpha value is -4.37. The number of nitrogens with one attached hydrogen (secondary N) is 1. The number of hydrogen-bond donors (Lipinski definition) is 1. The molecule has 4 aromatic rings. The zero-order valence-electron chi connectivity index (χ0n) is 18.4. The van der Waals surface area contributed by atoms with E-state index >= 15 is 0 Å². The summed E-state index contributed by atoms with van der Waals surface area (Å²) in [5, 5.41) is 4.88. The van der Waals surface area contributed by atoms with Crippen molar-refractivity contribution in [1.29, 1.82) is 0 Å². The molecular weight excluding hydrogens is 469 g/mol. The molecule has 3 amide bonds. The number of fused-ring (bicyclic) bond motifs is 1. The van der Waals surface area contributed by atoms with Crippen LogP contribution in [0, 0.1) is 5.82 Å². The molecule has 1 N–H and O–H groups in total. The van der Waals surface area contributed by atoms with E-state index < -0.39 is 5.91 Å². The van der Waals surface area contributed by atoms with Crippen molar-refractivity contribution in [3.05, 3.63) is 100 Å². The first-order chi connectivity index (χ1) is 16.9. The number of imide groups is 1. The van der Waals surface area contributed by atoms with Crippen LogP contribution < -0.4 is 10.1 Å². The van der Waals surface area contributed by atoms with Gasteiger partial charge in [-0.2, -0.15) is 0 Å². The van der Waals surface area contributed by atoms with Gasteiger partial charge in [0.25, 0.3) is 17.7 Å². The van der Waals surface area contributed by atoms with Crippen LogP contribution in [0.1, 0.15) is 36.6 Å². The van der Waals surface area contributed by atoms with E-state index in [2.05, 4.69) is 10.3 Å². The summed E-state index contributed by atoms with van der Waals surface area (Å²) in [5.74, 6) is -1.20. The average Bonchev–Trinajstić information content (AvgIpc) is 3.43. The van der Waals surface area contributed by atoms with Crippen LogP contribution >= 0.6 is 11.3 Å². The number of halogens is 1. The maximum Gasteiger partial charge on any atom is 0.261 e. The normalized spacial score (nSPS) is 12.6. The van der Waals surface area contributed by atoms with Gasteiger partial charge in [0.05, 0.1) is 36.0 Å². The number of ether oxygens (including phenoxy) is 1. The first-order valence-corrected chi connectivity index (χ1v) is 11.5. The van der Waals surface area contributed by atoms with Crippen LogP contribution in [0.5, 0.6) is 5.75 Å². The molecule has 5 rings (SSSR count). The van der Waals surface area contributed by atoms with E-state index in [0.717, 1.165) is 10.5 Å². The van der Waals surface area contributed by atoms with Crippen molar-refractivity contribution in [3.8, 4) is 17.0 Å². The highest BCUT2D eigenvalue weighted by Crippen LogP contribution is 2.29. The van der Waals surface area contributed by atoms with Crippen LogP contribution in [0.2, 0.25) is 0 Å². The predicted molar refractivity (Wildman–Crippen MR) is 129 cm³/mol. The molecule has 0 radical (unpaired) electrons. The Balaban J connectivity index is 1.36. The fourth-order valence-corrected chi connectivity index (χ4v) is 4.56. The number of carbonyl (C=O) groups excluding carboxylic acids is 3. The highest BCUT2D eigenvalue weighted by Gasteiger charge is 2.35. The molecule has 3 aromatic carbocycles. The van der Waals surface area contributed by atoms with Gasteiger partial charge in [0.15, 0.2) is 5.13 Å². The predicted octanol–water partition coefficient (Wildman–Crippen LogP) is 5.01. The third kappa shape index (κ3) is 4.29. The Bertz CT molecular complexity index is 1430. The third-order valence-corrected chi connectivity index (χ3v) is 6.35. The van der Waals surface area contributed by atoms with Crippen LogP contribution in [-0.2, 0) is 6.54 Å². The number of aromatic nitrogens is 1. The molecule has 7 nitrogen and oxygen atoms in total. The Morgan fingerprint density at radius 3 is 2.37 bits per heavy atom. The van der Waals surface area contributed by atoms with Crippen molar-refractivity contribution in [2.24, 2.45) is 0 Å². The SMILES string of the molecule is COc1ccc(CN2C(=O)c3ccccc3C2=O)cc1C(=O)Nc1nc(-c2ccc(F)cc2)cs1. The summed E-state index contributed by atoms with van der Waals surface area (Å²) in [5.41, 5.74) is 2.89. The smallest absolute Gasteiger partial charge is 0.261 e. The van der Waals surface area contributed by atoms with Crippen molar-refractivity contribution in [1.82, 2.24) is 9.88 Å². The average molecular weight is 488 g/mol. The second kappa shape index (κ2) is 9.11. The first-order valence-electron chi connectivity index (χ1n) is 10.6. The van der Waals surface area contributed by atoms with Crippen molar-refractivity contribution in [3.63, 3.8) is 0 Å². The van der Waals surface area contributed by atoms with Gasteiger partial charge < -0.3 is 4.74 Å². The molecule has 0 atom stereocenters. The summed E-state index contributed by atoms with van der Waals surface area (Å²) in [6.07, 6.45) is 0. The molecule has 9 heteroatoms. The molecule has 0 unspecified atom stereocenters. The largest absolute Gasteiger partial charge is 0.496 e. The fourth-order valence-electron chi connectivity index (χ4n) is 3.85. The van der Waals surface area contributed by atoms with E-state index in [1.54, 1.807) is 60.0 Å². The van der Waals surface area contributed by atoms with E-state index in [1.165, 1.54) is 30.6 Å². The van der Waals surface area contributed by atoms with E-state index in [4.69, 9.17) is 4.74 Å². The van der Waals surface area contributed by atoms with Crippen molar-refractivity contribution in [2.45, 2.75) is 6.54 Å². The van der Waals surface area contributed by atoms with Gasteiger partial charge in [-0.15, -0.1) is 11.3 Å². The molecule has 0 aliphatic carbocycles. The van der Waals surface area contributed by atoms with Crippen LogP contribution in [0.3, 0.4) is 0 Å². The number of nitrogens with zero attached hydrogens (tertiary/aromatic N) is 2. The monoisotopic (exact) mass is 487 g/mol. The van der Waals surface area contributed by atoms with E-state index in [-0.39, 0.29) is 29.7 Å². The summed E-state index contributed by atoms with van der Waals surface area (Å²) < 4.78 is 18.5. The molecule has 0 saturated carbocycles. The van der Waals surface area contributed by atoms with E-state index in [0.29, 0.717) is 33.3 Å². The second-order valence-corrected chi connectivity index (χ2v) is 8.63. The molecule has 1 aliphatic heterocycles. The number of thiazole rings is 1. The molecule has 0 spiro atoms. The van der Waals surface area contributed by atoms with Gasteiger partial charge in [-0.3, -0.25) is 24.6 Å². The van der Waals surface area contributed by atoms with Crippen molar-refractivity contribution < 1.29 is 23.5 Å². The van der Waals surface area contributed by atoms with Gasteiger partial charge in [0.2, 0.25) is 0 Å². The minimum absolute atomic E-state index is 0.0165. The minimum Gasteiger partial charge on any atom is -0.496 e. The van der Waals surface area contributed by atoms with Crippen LogP contribution in [0.15, 0.2) is 72.1 Å². The summed E-state index contributed by atoms with van der Waals surface area (Å²) in [6.45, 7) is 0.0165. The Morgan fingerprint density at radius 1 is 1.03 bits per heavy atom. The second-order valence-electron chi connectivity index (χ2n) is 7.78. The summed E-state index contributed by atoms with van der Waals surface area (Å²) in [6, 6.07) is 17.5. The number of anilines is 1. The zero-order valence-corrected chi connectivity index (χ0v) is 19.3. The lowest BCUT2D eigenvalue weighted by Gasteiger charge is -2.16. The topological polar surface area (TPSA) is 88.6 Å². The van der Waals surface area contributed by atoms with Gasteiger partial charge >= 0.3 is 0 Å². The Labute approximate surface area is 203 Å². The number of carbonyl (C=O) groups is 3. The number of hydrogen-bond acceptors (Lipinski definition) is 6. The number of rotatable bonds is 6. The lowest BCUT2D eigenvalue weighted by atomic mass is 10.1. The third-order valence-electron chi connectivity index (χ3n) is 5.59. The molecule has 1 aliphatic rings. The fraction of sp³-hybridized carbons (Fsp3) is 0.0769. The van der Waals surface area contributed by atoms with Gasteiger partial charge in [-0.25, -0.2) is 9.37 Å². The quantitative estimate of drug-likeness (QED) is 0.387. The van der Waals surface area contributed by atoms with Crippen molar-refractivity contribution >= 4 is 34.2 Å². The molecule has 0 fully saturated rings. The Morgan fingerprint density at radius 2 is 1.71 bits per heavy atom. The highest BCUT2D eigenvalue weighted by molar-refractivity contribution is 7.14. The molecular formula is C26H18FN3O4S. The number of benzene rings is 3. The van der Waals surface area contributed by atoms with Crippen LogP contribution in [0.25, 0.3) is 11.3 Å². The van der Waals surface area contributed by atoms with Crippen LogP contribution in [0.4, 0.5) is 9.52 Å². The van der Waals surface area contributed by atoms with Gasteiger partial charge in [0.1, 0.15) is 11.6 Å². The maximum absolute atomic E-state index is 13.2. The molecule has 1 aromatic heterocycles. The molecule has 0 bridgehead atoms. The summed E-state index contributed by atoms with van der Waals surface area (Å²) in [4.78, 5) is 44.0. The van der Waals surface area contributed by atoms with Gasteiger partial charge in [-0.05, 0) is 54.1 Å². The molecule has 2 heterocycles. The maximum atomic E-state index is 13.2. The molecule has 0 saturated heterocycles. The lowest BCUT2D eigenvalue weighted by molar-refractivity contribution is 0.0642. The number of methoxy groups -OCH3 is 1. The van der Waals surface area contributed by atoms with E-state index in [1.807, 2.05) is 0 Å². The standard InChI is InChI=1S/C26H18FN3O4S/c1-34-22-11-6-15(13-30-24(32)18-4-2-3-5-19(18)25(30)33)12-20(22)23(31)29-26-28-21(14-35-26)16-7-9-17(27)10-8-16/h2-12,14H,13H2,1H3,(H,28,29,31). The molecule has 174 valence electrons. The van der Waals surface area contributed by atoms with E-state index in [9.17, 15) is 18.8 Å². The lowest BCUT2D eigenvalue weighted by Crippen LogP contribution is -2.29. The minimum atomic E-state index is -0.453. The van der Waals surface area contributed by atoms with Crippen molar-refractivity contribution in [2.75, 3.05) is 12.4 Å². The first kappa shape index (κ1) is 22.4. The zero-order chi connectivity index (χ0) is 24.5. The summed E-state index contributed by atoms with van der Waals surface area (Å²) >= 11 is 1.23. The van der Waals surface area contributed by atoms with Crippen LogP contribution in [-0.4, -0.2) is 34.7 Å². The Kier molecular flexibility index (Phi) is 5.84. The number of amides is 3. The highest BCUT2D eigenvalue weighted by atomic mass is 32.1. The van der Waals surface area contributed by atoms with Gasteiger partial charge in [-0.1, -0.05) is 18.2 Å². The summed E-state index contributed by atoms with van der Waals surface area (Å²) in [7, 11) is 1.45.